The molecule has 8 rings (SSSR count). The molecule has 82 heavy (non-hydrogen) atoms. The van der Waals surface area contributed by atoms with E-state index in [1.54, 1.807) is 29.8 Å². The third-order valence-corrected chi connectivity index (χ3v) is 15.4. The van der Waals surface area contributed by atoms with E-state index in [4.69, 9.17) is 4.74 Å². The lowest BCUT2D eigenvalue weighted by atomic mass is 9.82. The van der Waals surface area contributed by atoms with Gasteiger partial charge in [-0.15, -0.1) is 0 Å². The van der Waals surface area contributed by atoms with Gasteiger partial charge in [-0.3, -0.25) is 24.7 Å². The van der Waals surface area contributed by atoms with Crippen LogP contribution in [0, 0.1) is 40.2 Å². The second-order valence-electron chi connectivity index (χ2n) is 22.0. The van der Waals surface area contributed by atoms with Gasteiger partial charge in [0.25, 0.3) is 5.91 Å². The van der Waals surface area contributed by atoms with Gasteiger partial charge < -0.3 is 35.4 Å². The van der Waals surface area contributed by atoms with Gasteiger partial charge in [-0.2, -0.15) is 40.2 Å². The van der Waals surface area contributed by atoms with Crippen LogP contribution in [0.25, 0.3) is 11.3 Å². The molecule has 5 heterocycles. The van der Waals surface area contributed by atoms with Crippen LogP contribution in [0.4, 0.5) is 54.6 Å². The molecule has 444 valence electrons. The standard InChI is InChI=1S/C54H61F10N11O7/c1-51(2,53(59,60)61)43(68-45(77)32-12-13-32)46(78)67-41(18-30-9-6-29(7-10-30)8-11-31-21-65-49(66-22-31)72-23-34-14-15-35(24-72)75(34)36-27-82-28-36)42(76)26-73(71-47(79)44(69-50(80)81-5)52(3,4)54(62,63)64)25-37-38(55)19-33(20-39(37)56)40-16-17-74(70-40)48(57)58/h6-7,9-10,16-17,19-22,32,34-36,41-44,48,76H,12-15,18,23-28H2,1-5H3,(H,67,78)(H,68,77)(H,69,80)(H,71,79)/t34?,35?,41-,42-,43?,44+/m0/s1. The largest absolute Gasteiger partial charge is 0.453 e. The Morgan fingerprint density at radius 3 is 1.88 bits per heavy atom. The molecule has 0 radical (unpaired) electrons. The van der Waals surface area contributed by atoms with Crippen LogP contribution in [0.5, 0.6) is 0 Å². The number of hydrogen-bond acceptors (Lipinski definition) is 13. The molecule has 4 aliphatic rings. The lowest BCUT2D eigenvalue weighted by Gasteiger charge is -2.47. The van der Waals surface area contributed by atoms with E-state index in [-0.39, 0.29) is 15.9 Å². The predicted octanol–water partition coefficient (Wildman–Crippen LogP) is 6.18. The Morgan fingerprint density at radius 2 is 1.37 bits per heavy atom. The summed E-state index contributed by atoms with van der Waals surface area (Å²) >= 11 is 0. The quantitative estimate of drug-likeness (QED) is 0.0381. The van der Waals surface area contributed by atoms with Crippen molar-refractivity contribution in [3.05, 3.63) is 94.9 Å². The number of benzene rings is 2. The maximum atomic E-state index is 16.1. The van der Waals surface area contributed by atoms with Gasteiger partial charge in [0.2, 0.25) is 17.8 Å². The van der Waals surface area contributed by atoms with Crippen LogP contribution in [0.2, 0.25) is 0 Å². The fourth-order valence-corrected chi connectivity index (χ4v) is 9.99. The molecule has 1 aliphatic carbocycles. The summed E-state index contributed by atoms with van der Waals surface area (Å²) in [6.07, 6.45) is -7.54. The molecular formula is C54H61F10N11O7. The summed E-state index contributed by atoms with van der Waals surface area (Å²) < 4.78 is 157. The summed E-state index contributed by atoms with van der Waals surface area (Å²) in [7, 11) is 0.792. The lowest BCUT2D eigenvalue weighted by molar-refractivity contribution is -0.221. The Morgan fingerprint density at radius 1 is 0.793 bits per heavy atom. The van der Waals surface area contributed by atoms with Crippen molar-refractivity contribution in [3.8, 4) is 23.1 Å². The first-order chi connectivity index (χ1) is 38.5. The molecule has 4 aromatic rings. The van der Waals surface area contributed by atoms with E-state index in [1.165, 1.54) is 12.1 Å². The summed E-state index contributed by atoms with van der Waals surface area (Å²) in [5.74, 6) is -0.906. The Balaban J connectivity index is 1.08. The van der Waals surface area contributed by atoms with E-state index in [1.807, 2.05) is 0 Å². The zero-order valence-electron chi connectivity index (χ0n) is 45.1. The minimum absolute atomic E-state index is 0.206. The topological polar surface area (TPSA) is 208 Å². The minimum atomic E-state index is -5.22. The average molecular weight is 1170 g/mol. The maximum absolute atomic E-state index is 16.1. The van der Waals surface area contributed by atoms with Crippen LogP contribution in [0.3, 0.4) is 0 Å². The van der Waals surface area contributed by atoms with Crippen LogP contribution >= 0.6 is 0 Å². The molecule has 5 N–H and O–H groups in total. The SMILES string of the molecule is COC(=O)N[C@H](C(=O)NN(Cc1c(F)cc(-c2ccn(C(F)F)n2)cc1F)C[C@H](O)[C@H](Cc1ccc(C#Cc2cnc(N3CC4CCC(C3)N4C3COC3)nc2)cc1)NC(=O)C(NC(=O)C1CC1)C(C)(C)C(F)(F)F)C(C)(C)C(F)(F)F. The van der Waals surface area contributed by atoms with Crippen molar-refractivity contribution in [2.45, 2.75) is 128 Å². The number of nitrogens with one attached hydrogen (secondary N) is 4. The molecule has 28 heteroatoms. The van der Waals surface area contributed by atoms with Gasteiger partial charge in [-0.05, 0) is 95.7 Å². The van der Waals surface area contributed by atoms with Crippen molar-refractivity contribution in [3.63, 3.8) is 0 Å². The van der Waals surface area contributed by atoms with Crippen molar-refractivity contribution in [2.75, 3.05) is 44.9 Å². The highest BCUT2D eigenvalue weighted by molar-refractivity contribution is 5.90. The molecule has 2 bridgehead atoms. The van der Waals surface area contributed by atoms with E-state index < -0.39 is 120 Å². The summed E-state index contributed by atoms with van der Waals surface area (Å²) in [4.78, 5) is 67.6. The van der Waals surface area contributed by atoms with Gasteiger partial charge in [-0.1, -0.05) is 24.0 Å². The second kappa shape index (κ2) is 24.4. The minimum Gasteiger partial charge on any atom is -0.453 e. The van der Waals surface area contributed by atoms with Gasteiger partial charge in [0, 0.05) is 79.5 Å². The number of nitrogens with zero attached hydrogens (tertiary/aromatic N) is 7. The van der Waals surface area contributed by atoms with Crippen LogP contribution < -0.4 is 26.3 Å². The number of alkyl halides is 8. The highest BCUT2D eigenvalue weighted by atomic mass is 19.4. The van der Waals surface area contributed by atoms with Crippen molar-refractivity contribution >= 4 is 29.8 Å². The maximum Gasteiger partial charge on any atom is 0.407 e. The number of aromatic nitrogens is 4. The highest BCUT2D eigenvalue weighted by Crippen LogP contribution is 2.43. The van der Waals surface area contributed by atoms with Gasteiger partial charge in [-0.25, -0.2) is 33.2 Å². The number of amides is 4. The fourth-order valence-electron chi connectivity index (χ4n) is 9.99. The number of rotatable bonds is 20. The number of hydrazine groups is 1. The Labute approximate surface area is 464 Å². The van der Waals surface area contributed by atoms with E-state index >= 15 is 8.78 Å². The molecule has 3 aliphatic heterocycles. The number of fused-ring (bicyclic) bond motifs is 2. The van der Waals surface area contributed by atoms with E-state index in [0.717, 1.165) is 58.5 Å². The summed E-state index contributed by atoms with van der Waals surface area (Å²) in [5, 5.41) is 22.6. The number of aliphatic hydroxyl groups excluding tert-OH is 1. The molecule has 2 aromatic heterocycles. The smallest absolute Gasteiger partial charge is 0.407 e. The zero-order valence-corrected chi connectivity index (χ0v) is 45.1. The predicted molar refractivity (Wildman–Crippen MR) is 273 cm³/mol. The number of ether oxygens (including phenoxy) is 2. The lowest BCUT2D eigenvalue weighted by Crippen LogP contribution is -2.63. The van der Waals surface area contributed by atoms with Crippen LogP contribution in [0.15, 0.2) is 61.1 Å². The van der Waals surface area contributed by atoms with Gasteiger partial charge in [0.15, 0.2) is 0 Å². The molecule has 18 nitrogen and oxygen atoms in total. The van der Waals surface area contributed by atoms with Gasteiger partial charge in [0.05, 0.1) is 60.6 Å². The van der Waals surface area contributed by atoms with Crippen molar-refractivity contribution in [1.29, 1.82) is 0 Å². The fraction of sp³-hybridized carbons (Fsp3) is 0.537. The first-order valence-corrected chi connectivity index (χ1v) is 26.2. The second-order valence-corrected chi connectivity index (χ2v) is 22.0. The van der Waals surface area contributed by atoms with Crippen LogP contribution in [-0.2, 0) is 36.8 Å². The molecule has 3 saturated heterocycles. The number of anilines is 1. The van der Waals surface area contributed by atoms with Crippen molar-refractivity contribution in [2.24, 2.45) is 16.7 Å². The molecule has 4 fully saturated rings. The molecular weight excluding hydrogens is 1100 g/mol. The average Bonchev–Trinajstić information content (AvgIpc) is 4.27. The van der Waals surface area contributed by atoms with Gasteiger partial charge in [0.1, 0.15) is 23.7 Å². The van der Waals surface area contributed by atoms with Crippen molar-refractivity contribution < 1.29 is 77.7 Å². The van der Waals surface area contributed by atoms with E-state index in [0.29, 0.717) is 98.4 Å². The number of piperazine rings is 1. The molecule has 1 saturated carbocycles. The Kier molecular flexibility index (Phi) is 18.1. The molecule has 3 unspecified atom stereocenters. The molecule has 6 atom stereocenters. The van der Waals surface area contributed by atoms with Crippen molar-refractivity contribution in [1.82, 2.24) is 51.0 Å². The Hall–Kier alpha value is -7.09. The number of alkyl carbamates (subject to hydrolysis) is 1. The van der Waals surface area contributed by atoms with Crippen LogP contribution in [-0.4, -0.2) is 153 Å². The molecule has 2 aromatic carbocycles. The first-order valence-electron chi connectivity index (χ1n) is 26.2. The number of aliphatic hydroxyl groups is 1. The number of carbonyl (C=O) groups is 4. The summed E-state index contributed by atoms with van der Waals surface area (Å²) in [6, 6.07) is 3.08. The number of carbonyl (C=O) groups excluding carboxylic acids is 4. The van der Waals surface area contributed by atoms with E-state index in [2.05, 4.69) is 57.5 Å². The zero-order chi connectivity index (χ0) is 59.6. The number of hydrogen-bond donors (Lipinski definition) is 5. The summed E-state index contributed by atoms with van der Waals surface area (Å²) in [6.45, 7) is 0.129. The molecule has 4 amide bonds. The summed E-state index contributed by atoms with van der Waals surface area (Å²) in [5.41, 5.74) is -4.35. The number of halogens is 10. The first kappa shape index (κ1) is 61.0. The third kappa shape index (κ3) is 13.9. The monoisotopic (exact) mass is 1170 g/mol. The van der Waals surface area contributed by atoms with Crippen LogP contribution in [0.1, 0.15) is 82.2 Å². The molecule has 0 spiro atoms. The Bertz CT molecular complexity index is 2980. The van der Waals surface area contributed by atoms with Gasteiger partial charge >= 0.3 is 25.0 Å². The third-order valence-electron chi connectivity index (χ3n) is 15.4. The number of methoxy groups -OCH3 is 1. The highest BCUT2D eigenvalue weighted by Gasteiger charge is 2.57. The van der Waals surface area contributed by atoms with E-state index in [9.17, 15) is 59.4 Å². The normalized spacial score (nSPS) is 19.4.